The number of nitrogens with zero attached hydrogens (tertiary/aromatic N) is 4. The van der Waals surface area contributed by atoms with E-state index in [1.807, 2.05) is 6.33 Å². The van der Waals surface area contributed by atoms with Crippen molar-refractivity contribution in [2.24, 2.45) is 0 Å². The Bertz CT molecular complexity index is 590. The van der Waals surface area contributed by atoms with Crippen molar-refractivity contribution in [1.29, 1.82) is 0 Å². The first-order chi connectivity index (χ1) is 10.3. The minimum Gasteiger partial charge on any atom is -0.318 e. The molecular formula is C17H24N4. The minimum atomic E-state index is 0.519. The van der Waals surface area contributed by atoms with Gasteiger partial charge in [-0.25, -0.2) is 0 Å². The zero-order valence-electron chi connectivity index (χ0n) is 13.0. The van der Waals surface area contributed by atoms with Crippen molar-refractivity contribution in [2.45, 2.75) is 45.7 Å². The standard InChI is InChI=1S/C17H24N4/c1-3-21-13-18-19-17(21)16-8-5-9-20(12-16)11-15-7-4-6-14(2)10-15/h4,6-7,10,13,16H,3,5,8-9,11-12H2,1-2H3. The number of piperidine rings is 1. The van der Waals surface area contributed by atoms with Crippen molar-refractivity contribution in [3.63, 3.8) is 0 Å². The molecular weight excluding hydrogens is 260 g/mol. The topological polar surface area (TPSA) is 34.0 Å². The predicted molar refractivity (Wildman–Crippen MR) is 84.1 cm³/mol. The molecule has 4 heteroatoms. The molecule has 1 saturated heterocycles. The van der Waals surface area contributed by atoms with Crippen LogP contribution in [0.4, 0.5) is 0 Å². The Morgan fingerprint density at radius 3 is 3.05 bits per heavy atom. The Morgan fingerprint density at radius 1 is 1.33 bits per heavy atom. The molecule has 1 aromatic carbocycles. The molecule has 1 aliphatic heterocycles. The van der Waals surface area contributed by atoms with Crippen molar-refractivity contribution < 1.29 is 0 Å². The van der Waals surface area contributed by atoms with Crippen LogP contribution in [-0.2, 0) is 13.1 Å². The van der Waals surface area contributed by atoms with Gasteiger partial charge in [0.15, 0.2) is 0 Å². The Balaban J connectivity index is 1.68. The molecule has 1 aliphatic rings. The number of benzene rings is 1. The largest absolute Gasteiger partial charge is 0.318 e. The van der Waals surface area contributed by atoms with Gasteiger partial charge in [-0.15, -0.1) is 10.2 Å². The summed E-state index contributed by atoms with van der Waals surface area (Å²) < 4.78 is 2.18. The third-order valence-corrected chi connectivity index (χ3v) is 4.35. The summed E-state index contributed by atoms with van der Waals surface area (Å²) in [7, 11) is 0. The van der Waals surface area contributed by atoms with Gasteiger partial charge in [-0.2, -0.15) is 0 Å². The molecule has 1 unspecified atom stereocenters. The molecule has 4 nitrogen and oxygen atoms in total. The van der Waals surface area contributed by atoms with Gasteiger partial charge in [-0.05, 0) is 38.8 Å². The van der Waals surface area contributed by atoms with Gasteiger partial charge < -0.3 is 4.57 Å². The lowest BCUT2D eigenvalue weighted by atomic mass is 9.96. The van der Waals surface area contributed by atoms with E-state index < -0.39 is 0 Å². The SMILES string of the molecule is CCn1cnnc1C1CCCN(Cc2cccc(C)c2)C1. The van der Waals surface area contributed by atoms with Crippen LogP contribution in [0.25, 0.3) is 0 Å². The molecule has 1 fully saturated rings. The number of hydrogen-bond donors (Lipinski definition) is 0. The van der Waals surface area contributed by atoms with E-state index in [9.17, 15) is 0 Å². The van der Waals surface area contributed by atoms with Crippen LogP contribution in [-0.4, -0.2) is 32.8 Å². The molecule has 112 valence electrons. The smallest absolute Gasteiger partial charge is 0.137 e. The molecule has 2 heterocycles. The fourth-order valence-electron chi connectivity index (χ4n) is 3.30. The lowest BCUT2D eigenvalue weighted by Crippen LogP contribution is -2.34. The number of hydrogen-bond acceptors (Lipinski definition) is 3. The van der Waals surface area contributed by atoms with Gasteiger partial charge in [-0.3, -0.25) is 4.90 Å². The van der Waals surface area contributed by atoms with E-state index in [4.69, 9.17) is 0 Å². The van der Waals surface area contributed by atoms with Gasteiger partial charge in [0.05, 0.1) is 0 Å². The van der Waals surface area contributed by atoms with E-state index in [1.54, 1.807) is 0 Å². The lowest BCUT2D eigenvalue weighted by molar-refractivity contribution is 0.194. The molecule has 21 heavy (non-hydrogen) atoms. The average Bonchev–Trinajstić information content (AvgIpc) is 2.96. The highest BCUT2D eigenvalue weighted by molar-refractivity contribution is 5.22. The lowest BCUT2D eigenvalue weighted by Gasteiger charge is -2.32. The fraction of sp³-hybridized carbons (Fsp3) is 0.529. The van der Waals surface area contributed by atoms with Gasteiger partial charge in [0.1, 0.15) is 12.2 Å². The highest BCUT2D eigenvalue weighted by atomic mass is 15.3. The Morgan fingerprint density at radius 2 is 2.24 bits per heavy atom. The first kappa shape index (κ1) is 14.3. The molecule has 0 saturated carbocycles. The van der Waals surface area contributed by atoms with Crippen LogP contribution in [0.2, 0.25) is 0 Å². The highest BCUT2D eigenvalue weighted by Crippen LogP contribution is 2.26. The van der Waals surface area contributed by atoms with Gasteiger partial charge in [0, 0.05) is 25.6 Å². The fourth-order valence-corrected chi connectivity index (χ4v) is 3.30. The van der Waals surface area contributed by atoms with E-state index in [2.05, 4.69) is 57.8 Å². The Labute approximate surface area is 126 Å². The third kappa shape index (κ3) is 3.32. The predicted octanol–water partition coefficient (Wildman–Crippen LogP) is 2.99. The van der Waals surface area contributed by atoms with Crippen molar-refractivity contribution >= 4 is 0 Å². The summed E-state index contributed by atoms with van der Waals surface area (Å²) in [5, 5.41) is 8.44. The monoisotopic (exact) mass is 284 g/mol. The summed E-state index contributed by atoms with van der Waals surface area (Å²) >= 11 is 0. The normalized spacial score (nSPS) is 19.8. The Kier molecular flexibility index (Phi) is 4.34. The highest BCUT2D eigenvalue weighted by Gasteiger charge is 2.24. The first-order valence-corrected chi connectivity index (χ1v) is 7.92. The zero-order chi connectivity index (χ0) is 14.7. The quantitative estimate of drug-likeness (QED) is 0.865. The van der Waals surface area contributed by atoms with Crippen LogP contribution in [0.5, 0.6) is 0 Å². The van der Waals surface area contributed by atoms with Crippen molar-refractivity contribution in [3.8, 4) is 0 Å². The molecule has 1 aromatic heterocycles. The van der Waals surface area contributed by atoms with Crippen molar-refractivity contribution in [2.75, 3.05) is 13.1 Å². The van der Waals surface area contributed by atoms with E-state index in [-0.39, 0.29) is 0 Å². The van der Waals surface area contributed by atoms with Crippen LogP contribution in [0.15, 0.2) is 30.6 Å². The summed E-state index contributed by atoms with van der Waals surface area (Å²) in [6, 6.07) is 8.83. The minimum absolute atomic E-state index is 0.519. The van der Waals surface area contributed by atoms with Crippen LogP contribution >= 0.6 is 0 Å². The van der Waals surface area contributed by atoms with E-state index in [0.29, 0.717) is 5.92 Å². The molecule has 2 aromatic rings. The van der Waals surface area contributed by atoms with Crippen LogP contribution < -0.4 is 0 Å². The van der Waals surface area contributed by atoms with Gasteiger partial charge in [0.2, 0.25) is 0 Å². The Hall–Kier alpha value is -1.68. The first-order valence-electron chi connectivity index (χ1n) is 7.92. The molecule has 1 atom stereocenters. The molecule has 0 amide bonds. The second-order valence-corrected chi connectivity index (χ2v) is 6.04. The van der Waals surface area contributed by atoms with Crippen LogP contribution in [0.3, 0.4) is 0 Å². The maximum absolute atomic E-state index is 4.35. The number of rotatable bonds is 4. The summed E-state index contributed by atoms with van der Waals surface area (Å²) in [4.78, 5) is 2.55. The maximum atomic E-state index is 4.35. The molecule has 0 aliphatic carbocycles. The summed E-state index contributed by atoms with van der Waals surface area (Å²) in [5.74, 6) is 1.68. The molecule has 0 bridgehead atoms. The molecule has 3 rings (SSSR count). The van der Waals surface area contributed by atoms with E-state index >= 15 is 0 Å². The summed E-state index contributed by atoms with van der Waals surface area (Å²) in [5.41, 5.74) is 2.75. The van der Waals surface area contributed by atoms with E-state index in [0.717, 1.165) is 25.5 Å². The summed E-state index contributed by atoms with van der Waals surface area (Å²) in [6.45, 7) is 8.58. The van der Waals surface area contributed by atoms with Gasteiger partial charge in [-0.1, -0.05) is 29.8 Å². The second-order valence-electron chi connectivity index (χ2n) is 6.04. The van der Waals surface area contributed by atoms with Gasteiger partial charge >= 0.3 is 0 Å². The van der Waals surface area contributed by atoms with E-state index in [1.165, 1.54) is 30.5 Å². The maximum Gasteiger partial charge on any atom is 0.137 e. The average molecular weight is 284 g/mol. The molecule has 0 spiro atoms. The van der Waals surface area contributed by atoms with Crippen LogP contribution in [0.1, 0.15) is 42.6 Å². The van der Waals surface area contributed by atoms with Crippen LogP contribution in [0, 0.1) is 6.92 Å². The second kappa shape index (κ2) is 6.39. The number of aryl methyl sites for hydroxylation is 2. The van der Waals surface area contributed by atoms with Gasteiger partial charge in [0.25, 0.3) is 0 Å². The molecule has 0 N–H and O–H groups in total. The summed E-state index contributed by atoms with van der Waals surface area (Å²) in [6.07, 6.45) is 4.32. The number of likely N-dealkylation sites (tertiary alicyclic amines) is 1. The van der Waals surface area contributed by atoms with Crippen molar-refractivity contribution in [1.82, 2.24) is 19.7 Å². The zero-order valence-corrected chi connectivity index (χ0v) is 13.0. The third-order valence-electron chi connectivity index (χ3n) is 4.35. The number of aromatic nitrogens is 3. The van der Waals surface area contributed by atoms with Crippen molar-refractivity contribution in [3.05, 3.63) is 47.5 Å². The molecule has 0 radical (unpaired) electrons.